The van der Waals surface area contributed by atoms with Gasteiger partial charge in [0.1, 0.15) is 17.5 Å². The number of ether oxygens (including phenoxy) is 2. The Hall–Kier alpha value is -3.20. The highest BCUT2D eigenvalue weighted by molar-refractivity contribution is 7.13. The Morgan fingerprint density at radius 1 is 1.22 bits per heavy atom. The van der Waals surface area contributed by atoms with Crippen molar-refractivity contribution in [2.24, 2.45) is 0 Å². The van der Waals surface area contributed by atoms with Gasteiger partial charge in [-0.25, -0.2) is 9.67 Å². The first-order chi connectivity index (χ1) is 13.0. The third kappa shape index (κ3) is 3.98. The van der Waals surface area contributed by atoms with Crippen molar-refractivity contribution in [3.8, 4) is 22.8 Å². The van der Waals surface area contributed by atoms with Gasteiger partial charge in [0.2, 0.25) is 0 Å². The summed E-state index contributed by atoms with van der Waals surface area (Å²) in [6.07, 6.45) is 1.59. The molecule has 3 rings (SSSR count). The SMILES string of the molecule is COc1ccc(-c2nn([C@H](C)C(=O)Nc3nccs3)c(=O)cc2OC)cc1. The number of benzene rings is 1. The monoisotopic (exact) mass is 386 g/mol. The molecule has 8 nitrogen and oxygen atoms in total. The van der Waals surface area contributed by atoms with Crippen LogP contribution in [0.25, 0.3) is 11.3 Å². The first-order valence-electron chi connectivity index (χ1n) is 8.06. The topological polar surface area (TPSA) is 95.3 Å². The van der Waals surface area contributed by atoms with E-state index in [9.17, 15) is 9.59 Å². The summed E-state index contributed by atoms with van der Waals surface area (Å²) < 4.78 is 11.6. The lowest BCUT2D eigenvalue weighted by molar-refractivity contribution is -0.119. The molecule has 0 bridgehead atoms. The average Bonchev–Trinajstić information content (AvgIpc) is 3.20. The highest BCUT2D eigenvalue weighted by Crippen LogP contribution is 2.28. The Kier molecular flexibility index (Phi) is 5.51. The second-order valence-corrected chi connectivity index (χ2v) is 6.47. The predicted octanol–water partition coefficient (Wildman–Crippen LogP) is 2.58. The maximum Gasteiger partial charge on any atom is 0.271 e. The molecule has 0 aliphatic heterocycles. The Labute approximate surface area is 159 Å². The molecular weight excluding hydrogens is 368 g/mol. The van der Waals surface area contributed by atoms with Crippen LogP contribution >= 0.6 is 11.3 Å². The van der Waals surface area contributed by atoms with E-state index >= 15 is 0 Å². The average molecular weight is 386 g/mol. The lowest BCUT2D eigenvalue weighted by Gasteiger charge is -2.16. The normalized spacial score (nSPS) is 11.7. The number of rotatable bonds is 6. The Morgan fingerprint density at radius 2 is 1.96 bits per heavy atom. The first kappa shape index (κ1) is 18.6. The van der Waals surface area contributed by atoms with Crippen molar-refractivity contribution < 1.29 is 14.3 Å². The molecule has 1 aromatic carbocycles. The molecule has 0 saturated heterocycles. The van der Waals surface area contributed by atoms with E-state index in [1.165, 1.54) is 24.5 Å². The van der Waals surface area contributed by atoms with Gasteiger partial charge in [-0.1, -0.05) is 0 Å². The number of nitrogens with zero attached hydrogens (tertiary/aromatic N) is 3. The third-order valence-corrected chi connectivity index (χ3v) is 4.60. The van der Waals surface area contributed by atoms with Crippen molar-refractivity contribution >= 4 is 22.4 Å². The smallest absolute Gasteiger partial charge is 0.271 e. The molecule has 0 saturated carbocycles. The van der Waals surface area contributed by atoms with Crippen LogP contribution in [-0.2, 0) is 4.79 Å². The van der Waals surface area contributed by atoms with Crippen LogP contribution in [0.3, 0.4) is 0 Å². The summed E-state index contributed by atoms with van der Waals surface area (Å²) in [5.41, 5.74) is 0.744. The molecule has 1 N–H and O–H groups in total. The predicted molar refractivity (Wildman–Crippen MR) is 102 cm³/mol. The standard InChI is InChI=1S/C18H18N4O4S/c1-11(17(24)20-18-19-8-9-27-18)22-15(23)10-14(26-3)16(21-22)12-4-6-13(25-2)7-5-12/h4-11H,1-3H3,(H,19,20,24)/t11-/m1/s1. The summed E-state index contributed by atoms with van der Waals surface area (Å²) in [6, 6.07) is 7.66. The number of anilines is 1. The van der Waals surface area contributed by atoms with E-state index in [1.54, 1.807) is 49.9 Å². The molecule has 1 amide bonds. The van der Waals surface area contributed by atoms with Gasteiger partial charge in [-0.2, -0.15) is 5.10 Å². The van der Waals surface area contributed by atoms with E-state index in [1.807, 2.05) is 0 Å². The van der Waals surface area contributed by atoms with Crippen molar-refractivity contribution in [3.63, 3.8) is 0 Å². The minimum Gasteiger partial charge on any atom is -0.497 e. The Bertz CT molecular complexity index is 984. The van der Waals surface area contributed by atoms with Gasteiger partial charge in [0, 0.05) is 23.2 Å². The molecule has 9 heteroatoms. The maximum absolute atomic E-state index is 12.5. The van der Waals surface area contributed by atoms with Crippen LogP contribution < -0.4 is 20.3 Å². The number of thiazole rings is 1. The highest BCUT2D eigenvalue weighted by atomic mass is 32.1. The molecule has 0 fully saturated rings. The summed E-state index contributed by atoms with van der Waals surface area (Å²) in [5.74, 6) is 0.640. The fourth-order valence-corrected chi connectivity index (χ4v) is 2.97. The van der Waals surface area contributed by atoms with Gasteiger partial charge in [-0.15, -0.1) is 11.3 Å². The minimum absolute atomic E-state index is 0.328. The van der Waals surface area contributed by atoms with Crippen molar-refractivity contribution in [1.82, 2.24) is 14.8 Å². The van der Waals surface area contributed by atoms with Gasteiger partial charge >= 0.3 is 0 Å². The van der Waals surface area contributed by atoms with Gasteiger partial charge in [-0.3, -0.25) is 9.59 Å². The number of methoxy groups -OCH3 is 2. The summed E-state index contributed by atoms with van der Waals surface area (Å²) in [6.45, 7) is 1.60. The van der Waals surface area contributed by atoms with Crippen LogP contribution in [0.4, 0.5) is 5.13 Å². The van der Waals surface area contributed by atoms with Gasteiger partial charge in [-0.05, 0) is 31.2 Å². The number of carbonyl (C=O) groups is 1. The van der Waals surface area contributed by atoms with Crippen molar-refractivity contribution in [3.05, 3.63) is 52.3 Å². The van der Waals surface area contributed by atoms with Crippen LogP contribution in [-0.4, -0.2) is 34.9 Å². The summed E-state index contributed by atoms with van der Waals surface area (Å²) in [4.78, 5) is 28.9. The van der Waals surface area contributed by atoms with Gasteiger partial charge in [0.15, 0.2) is 10.9 Å². The highest BCUT2D eigenvalue weighted by Gasteiger charge is 2.21. The Balaban J connectivity index is 1.97. The van der Waals surface area contributed by atoms with E-state index in [0.29, 0.717) is 22.3 Å². The quantitative estimate of drug-likeness (QED) is 0.700. The molecule has 0 radical (unpaired) electrons. The molecule has 3 aromatic rings. The second-order valence-electron chi connectivity index (χ2n) is 5.58. The van der Waals surface area contributed by atoms with E-state index in [4.69, 9.17) is 9.47 Å². The zero-order valence-corrected chi connectivity index (χ0v) is 15.8. The molecule has 2 heterocycles. The fourth-order valence-electron chi connectivity index (χ4n) is 2.44. The van der Waals surface area contributed by atoms with Crippen LogP contribution in [0, 0.1) is 0 Å². The van der Waals surface area contributed by atoms with E-state index < -0.39 is 11.6 Å². The second kappa shape index (κ2) is 8.00. The number of aromatic nitrogens is 3. The first-order valence-corrected chi connectivity index (χ1v) is 8.94. The number of amides is 1. The largest absolute Gasteiger partial charge is 0.497 e. The minimum atomic E-state index is -0.829. The van der Waals surface area contributed by atoms with Crippen molar-refractivity contribution in [1.29, 1.82) is 0 Å². The number of hydrogen-bond acceptors (Lipinski definition) is 7. The maximum atomic E-state index is 12.5. The number of nitrogens with one attached hydrogen (secondary N) is 1. The molecule has 1 atom stereocenters. The number of carbonyl (C=O) groups excluding carboxylic acids is 1. The van der Waals surface area contributed by atoms with Crippen LogP contribution in [0.15, 0.2) is 46.7 Å². The van der Waals surface area contributed by atoms with Gasteiger partial charge < -0.3 is 14.8 Å². The molecule has 0 aliphatic rings. The molecule has 27 heavy (non-hydrogen) atoms. The number of hydrogen-bond donors (Lipinski definition) is 1. The van der Waals surface area contributed by atoms with Crippen molar-refractivity contribution in [2.45, 2.75) is 13.0 Å². The van der Waals surface area contributed by atoms with Crippen LogP contribution in [0.5, 0.6) is 11.5 Å². The zero-order chi connectivity index (χ0) is 19.4. The molecule has 0 spiro atoms. The Morgan fingerprint density at radius 3 is 2.56 bits per heavy atom. The van der Waals surface area contributed by atoms with Crippen molar-refractivity contribution in [2.75, 3.05) is 19.5 Å². The lowest BCUT2D eigenvalue weighted by Crippen LogP contribution is -2.33. The molecule has 140 valence electrons. The summed E-state index contributed by atoms with van der Waals surface area (Å²) in [5, 5.41) is 9.26. The molecule has 0 unspecified atom stereocenters. The van der Waals surface area contributed by atoms with E-state index in [-0.39, 0.29) is 5.91 Å². The fraction of sp³-hybridized carbons (Fsp3) is 0.222. The summed E-state index contributed by atoms with van der Waals surface area (Å²) in [7, 11) is 3.04. The molecule has 2 aromatic heterocycles. The zero-order valence-electron chi connectivity index (χ0n) is 15.0. The van der Waals surface area contributed by atoms with Crippen LogP contribution in [0.1, 0.15) is 13.0 Å². The van der Waals surface area contributed by atoms with E-state index in [2.05, 4.69) is 15.4 Å². The lowest BCUT2D eigenvalue weighted by atomic mass is 10.1. The molecular formula is C18H18N4O4S. The third-order valence-electron chi connectivity index (χ3n) is 3.91. The molecule has 0 aliphatic carbocycles. The van der Waals surface area contributed by atoms with Gasteiger partial charge in [0.25, 0.3) is 11.5 Å². The van der Waals surface area contributed by atoms with Gasteiger partial charge in [0.05, 0.1) is 14.2 Å². The summed E-state index contributed by atoms with van der Waals surface area (Å²) >= 11 is 1.29. The van der Waals surface area contributed by atoms with Crippen LogP contribution in [0.2, 0.25) is 0 Å². The van der Waals surface area contributed by atoms with E-state index in [0.717, 1.165) is 10.2 Å².